The van der Waals surface area contributed by atoms with Gasteiger partial charge in [-0.1, -0.05) is 0 Å². The SMILES string of the molecule is N[C@H]1CN(c2ncccc2C(=O)N2CCCC2)C[C@@H]1C1CC1. The Morgan fingerprint density at radius 1 is 1.23 bits per heavy atom. The summed E-state index contributed by atoms with van der Waals surface area (Å²) in [4.78, 5) is 21.5. The van der Waals surface area contributed by atoms with Crippen molar-refractivity contribution in [1.82, 2.24) is 9.88 Å². The van der Waals surface area contributed by atoms with E-state index >= 15 is 0 Å². The largest absolute Gasteiger partial charge is 0.354 e. The Morgan fingerprint density at radius 2 is 2.00 bits per heavy atom. The molecule has 3 heterocycles. The molecule has 5 nitrogen and oxygen atoms in total. The molecule has 0 bridgehead atoms. The lowest BCUT2D eigenvalue weighted by molar-refractivity contribution is 0.0793. The molecule has 0 spiro atoms. The van der Waals surface area contributed by atoms with E-state index in [1.807, 2.05) is 17.0 Å². The van der Waals surface area contributed by atoms with Crippen LogP contribution in [0.15, 0.2) is 18.3 Å². The van der Waals surface area contributed by atoms with Crippen molar-refractivity contribution >= 4 is 11.7 Å². The van der Waals surface area contributed by atoms with Crippen molar-refractivity contribution in [2.75, 3.05) is 31.1 Å². The van der Waals surface area contributed by atoms with Crippen LogP contribution in [0, 0.1) is 11.8 Å². The summed E-state index contributed by atoms with van der Waals surface area (Å²) >= 11 is 0. The van der Waals surface area contributed by atoms with Gasteiger partial charge < -0.3 is 15.5 Å². The number of aromatic nitrogens is 1. The standard InChI is InChI=1S/C17H24N4O/c18-15-11-21(10-14(15)12-5-6-12)16-13(4-3-7-19-16)17(22)20-8-1-2-9-20/h3-4,7,12,14-15H,1-2,5-6,8-11,18H2/t14-,15+/m1/s1. The highest BCUT2D eigenvalue weighted by atomic mass is 16.2. The van der Waals surface area contributed by atoms with E-state index < -0.39 is 0 Å². The molecule has 2 aliphatic heterocycles. The summed E-state index contributed by atoms with van der Waals surface area (Å²) in [7, 11) is 0. The van der Waals surface area contributed by atoms with E-state index in [-0.39, 0.29) is 11.9 Å². The second kappa shape index (κ2) is 5.54. The number of hydrogen-bond donors (Lipinski definition) is 1. The second-order valence-electron chi connectivity index (χ2n) is 6.94. The first-order valence-corrected chi connectivity index (χ1v) is 8.49. The summed E-state index contributed by atoms with van der Waals surface area (Å²) in [5.41, 5.74) is 7.07. The topological polar surface area (TPSA) is 62.5 Å². The van der Waals surface area contributed by atoms with Gasteiger partial charge in [0.15, 0.2) is 0 Å². The molecule has 2 atom stereocenters. The van der Waals surface area contributed by atoms with Gasteiger partial charge in [-0.3, -0.25) is 4.79 Å². The Hall–Kier alpha value is -1.62. The van der Waals surface area contributed by atoms with Crippen LogP contribution in [0.1, 0.15) is 36.0 Å². The molecule has 1 aliphatic carbocycles. The summed E-state index contributed by atoms with van der Waals surface area (Å²) < 4.78 is 0. The fourth-order valence-electron chi connectivity index (χ4n) is 3.96. The maximum absolute atomic E-state index is 12.8. The van der Waals surface area contributed by atoms with Crippen LogP contribution >= 0.6 is 0 Å². The number of nitrogens with zero attached hydrogens (tertiary/aromatic N) is 3. The first kappa shape index (κ1) is 14.0. The molecule has 22 heavy (non-hydrogen) atoms. The maximum Gasteiger partial charge on any atom is 0.257 e. The average Bonchev–Trinajstić information content (AvgIpc) is 3.09. The number of hydrogen-bond acceptors (Lipinski definition) is 4. The van der Waals surface area contributed by atoms with E-state index in [2.05, 4.69) is 9.88 Å². The molecule has 0 radical (unpaired) electrons. The highest BCUT2D eigenvalue weighted by molar-refractivity contribution is 5.99. The average molecular weight is 300 g/mol. The molecule has 1 saturated carbocycles. The van der Waals surface area contributed by atoms with Crippen LogP contribution in [0.2, 0.25) is 0 Å². The highest BCUT2D eigenvalue weighted by Gasteiger charge is 2.42. The van der Waals surface area contributed by atoms with Crippen LogP contribution in [-0.2, 0) is 0 Å². The van der Waals surface area contributed by atoms with Gasteiger partial charge in [-0.05, 0) is 49.7 Å². The Bertz CT molecular complexity index is 566. The molecule has 4 rings (SSSR count). The molecule has 3 fully saturated rings. The van der Waals surface area contributed by atoms with Crippen molar-refractivity contribution in [3.05, 3.63) is 23.9 Å². The van der Waals surface area contributed by atoms with Gasteiger partial charge in [-0.2, -0.15) is 0 Å². The van der Waals surface area contributed by atoms with Gasteiger partial charge in [-0.25, -0.2) is 4.98 Å². The van der Waals surface area contributed by atoms with E-state index in [1.54, 1.807) is 6.20 Å². The molecule has 2 saturated heterocycles. The van der Waals surface area contributed by atoms with Gasteiger partial charge in [0.25, 0.3) is 5.91 Å². The zero-order chi connectivity index (χ0) is 15.1. The van der Waals surface area contributed by atoms with Crippen molar-refractivity contribution in [2.45, 2.75) is 31.7 Å². The summed E-state index contributed by atoms with van der Waals surface area (Å²) in [5, 5.41) is 0. The van der Waals surface area contributed by atoms with Crippen molar-refractivity contribution in [1.29, 1.82) is 0 Å². The molecule has 1 aromatic rings. The number of likely N-dealkylation sites (tertiary alicyclic amines) is 1. The van der Waals surface area contributed by atoms with Crippen LogP contribution < -0.4 is 10.6 Å². The fourth-order valence-corrected chi connectivity index (χ4v) is 3.96. The van der Waals surface area contributed by atoms with Crippen molar-refractivity contribution in [3.63, 3.8) is 0 Å². The number of amides is 1. The molecule has 0 unspecified atom stereocenters. The predicted molar refractivity (Wildman–Crippen MR) is 85.8 cm³/mol. The van der Waals surface area contributed by atoms with Gasteiger partial charge in [-0.15, -0.1) is 0 Å². The van der Waals surface area contributed by atoms with E-state index in [9.17, 15) is 4.79 Å². The third-order valence-corrected chi connectivity index (χ3v) is 5.35. The van der Waals surface area contributed by atoms with E-state index in [0.29, 0.717) is 5.92 Å². The van der Waals surface area contributed by atoms with E-state index in [1.165, 1.54) is 12.8 Å². The number of anilines is 1. The lowest BCUT2D eigenvalue weighted by Gasteiger charge is -2.22. The molecule has 2 N–H and O–H groups in total. The van der Waals surface area contributed by atoms with Gasteiger partial charge in [0.2, 0.25) is 0 Å². The van der Waals surface area contributed by atoms with Crippen LogP contribution in [0.4, 0.5) is 5.82 Å². The summed E-state index contributed by atoms with van der Waals surface area (Å²) in [6, 6.07) is 3.99. The number of pyridine rings is 1. The lowest BCUT2D eigenvalue weighted by Crippen LogP contribution is -2.32. The van der Waals surface area contributed by atoms with Crippen LogP contribution in [-0.4, -0.2) is 48.0 Å². The number of carbonyl (C=O) groups is 1. The summed E-state index contributed by atoms with van der Waals surface area (Å²) in [6.45, 7) is 3.51. The first-order valence-electron chi connectivity index (χ1n) is 8.49. The Labute approximate surface area is 131 Å². The van der Waals surface area contributed by atoms with Gasteiger partial charge in [0.1, 0.15) is 5.82 Å². The second-order valence-corrected chi connectivity index (χ2v) is 6.94. The number of nitrogens with two attached hydrogens (primary N) is 1. The summed E-state index contributed by atoms with van der Waals surface area (Å²) in [6.07, 6.45) is 6.63. The van der Waals surface area contributed by atoms with Crippen molar-refractivity contribution < 1.29 is 4.79 Å². The monoisotopic (exact) mass is 300 g/mol. The minimum absolute atomic E-state index is 0.129. The molecule has 1 aromatic heterocycles. The summed E-state index contributed by atoms with van der Waals surface area (Å²) in [5.74, 6) is 2.32. The Morgan fingerprint density at radius 3 is 2.73 bits per heavy atom. The predicted octanol–water partition coefficient (Wildman–Crippen LogP) is 1.49. The molecular formula is C17H24N4O. The zero-order valence-corrected chi connectivity index (χ0v) is 12.9. The first-order chi connectivity index (χ1) is 10.7. The molecular weight excluding hydrogens is 276 g/mol. The van der Waals surface area contributed by atoms with E-state index in [0.717, 1.165) is 56.3 Å². The highest BCUT2D eigenvalue weighted by Crippen LogP contribution is 2.42. The third-order valence-electron chi connectivity index (χ3n) is 5.35. The normalized spacial score (nSPS) is 28.4. The molecule has 3 aliphatic rings. The smallest absolute Gasteiger partial charge is 0.257 e. The zero-order valence-electron chi connectivity index (χ0n) is 12.9. The maximum atomic E-state index is 12.8. The third kappa shape index (κ3) is 2.47. The van der Waals surface area contributed by atoms with Crippen molar-refractivity contribution in [2.24, 2.45) is 17.6 Å². The lowest BCUT2D eigenvalue weighted by atomic mass is 9.99. The Kier molecular flexibility index (Phi) is 3.53. The molecule has 1 amide bonds. The van der Waals surface area contributed by atoms with Crippen molar-refractivity contribution in [3.8, 4) is 0 Å². The molecule has 0 aromatic carbocycles. The van der Waals surface area contributed by atoms with Gasteiger partial charge in [0, 0.05) is 38.4 Å². The van der Waals surface area contributed by atoms with E-state index in [4.69, 9.17) is 5.73 Å². The number of carbonyl (C=O) groups excluding carboxylic acids is 1. The quantitative estimate of drug-likeness (QED) is 0.919. The van der Waals surface area contributed by atoms with Crippen LogP contribution in [0.5, 0.6) is 0 Å². The fraction of sp³-hybridized carbons (Fsp3) is 0.647. The molecule has 5 heteroatoms. The molecule has 118 valence electrons. The van der Waals surface area contributed by atoms with Crippen LogP contribution in [0.25, 0.3) is 0 Å². The number of rotatable bonds is 3. The van der Waals surface area contributed by atoms with Gasteiger partial charge in [0.05, 0.1) is 5.56 Å². The Balaban J connectivity index is 1.58. The minimum atomic E-state index is 0.129. The van der Waals surface area contributed by atoms with Crippen LogP contribution in [0.3, 0.4) is 0 Å². The van der Waals surface area contributed by atoms with Gasteiger partial charge >= 0.3 is 0 Å². The minimum Gasteiger partial charge on any atom is -0.354 e.